The Morgan fingerprint density at radius 2 is 2.12 bits per heavy atom. The van der Waals surface area contributed by atoms with Crippen molar-refractivity contribution in [2.45, 2.75) is 6.82 Å². The van der Waals surface area contributed by atoms with Gasteiger partial charge in [0, 0.05) is 11.5 Å². The van der Waals surface area contributed by atoms with Crippen molar-refractivity contribution in [3.63, 3.8) is 0 Å². The first-order valence-corrected chi connectivity index (χ1v) is 5.03. The zero-order valence-electron chi connectivity index (χ0n) is 9.10. The molecule has 2 aromatic rings. The fourth-order valence-corrected chi connectivity index (χ4v) is 1.63. The quantitative estimate of drug-likeness (QED) is 0.349. The minimum absolute atomic E-state index is 0.0357. The predicted octanol–water partition coefficient (Wildman–Crippen LogP) is 0.393. The van der Waals surface area contributed by atoms with Crippen LogP contribution in [-0.2, 0) is 0 Å². The molecule has 0 unspecified atom stereocenters. The van der Waals surface area contributed by atoms with Crippen molar-refractivity contribution in [1.82, 2.24) is 0 Å². The van der Waals surface area contributed by atoms with Gasteiger partial charge < -0.3 is 10.2 Å². The lowest BCUT2D eigenvalue weighted by atomic mass is 9.73. The Balaban J connectivity index is 2.91. The lowest BCUT2D eigenvalue weighted by molar-refractivity contribution is -0.383. The molecule has 1 aromatic heterocycles. The average molecular weight is 232 g/mol. The lowest BCUT2D eigenvalue weighted by Gasteiger charge is -2.02. The van der Waals surface area contributed by atoms with E-state index in [0.717, 1.165) is 5.46 Å². The number of fused-ring (bicyclic) bond motifs is 1. The summed E-state index contributed by atoms with van der Waals surface area (Å²) in [6.07, 6.45) is 0. The number of nitro benzene ring substituents is 1. The summed E-state index contributed by atoms with van der Waals surface area (Å²) in [5.41, 5.74) is 5.15. The Labute approximate surface area is 96.4 Å². The Morgan fingerprint density at radius 1 is 1.41 bits per heavy atom. The van der Waals surface area contributed by atoms with Crippen LogP contribution in [0.3, 0.4) is 0 Å². The molecule has 1 heterocycles. The minimum atomic E-state index is -0.759. The molecule has 86 valence electrons. The minimum Gasteiger partial charge on any atom is -0.414 e. The molecule has 0 saturated heterocycles. The molecule has 0 aliphatic carbocycles. The van der Waals surface area contributed by atoms with Crippen LogP contribution in [0.1, 0.15) is 0 Å². The second-order valence-corrected chi connectivity index (χ2v) is 3.63. The third kappa shape index (κ3) is 1.86. The Bertz CT molecular complexity index is 665. The molecule has 0 atom stereocenters. The first-order valence-electron chi connectivity index (χ1n) is 5.03. The molecular weight excluding hydrogens is 223 g/mol. The van der Waals surface area contributed by atoms with Gasteiger partial charge in [0.2, 0.25) is 5.58 Å². The summed E-state index contributed by atoms with van der Waals surface area (Å²) in [4.78, 5) is 21.6. The SMILES string of the molecule is CBc1cc([N+](=O)[O-])c2oc(=O)c(N)cc2c1. The molecule has 17 heavy (non-hydrogen) atoms. The van der Waals surface area contributed by atoms with E-state index in [1.165, 1.54) is 12.1 Å². The average Bonchev–Trinajstić information content (AvgIpc) is 2.29. The molecule has 7 heteroatoms. The van der Waals surface area contributed by atoms with E-state index < -0.39 is 10.5 Å². The summed E-state index contributed by atoms with van der Waals surface area (Å²) in [6, 6.07) is 4.52. The monoisotopic (exact) mass is 232 g/mol. The fourth-order valence-electron chi connectivity index (χ4n) is 1.63. The Hall–Kier alpha value is -2.31. The zero-order valence-corrected chi connectivity index (χ0v) is 9.10. The smallest absolute Gasteiger partial charge is 0.359 e. The maximum Gasteiger partial charge on any atom is 0.359 e. The summed E-state index contributed by atoms with van der Waals surface area (Å²) in [5.74, 6) is 0. The topological polar surface area (TPSA) is 99.4 Å². The second-order valence-electron chi connectivity index (χ2n) is 3.63. The number of benzene rings is 1. The van der Waals surface area contributed by atoms with Gasteiger partial charge in [-0.2, -0.15) is 0 Å². The fraction of sp³-hybridized carbons (Fsp3) is 0.100. The van der Waals surface area contributed by atoms with Crippen LogP contribution in [0, 0.1) is 10.1 Å². The number of anilines is 1. The molecule has 2 N–H and O–H groups in total. The predicted molar refractivity (Wildman–Crippen MR) is 66.2 cm³/mol. The van der Waals surface area contributed by atoms with Gasteiger partial charge in [-0.15, -0.1) is 0 Å². The van der Waals surface area contributed by atoms with E-state index in [0.29, 0.717) is 12.7 Å². The van der Waals surface area contributed by atoms with Crippen molar-refractivity contribution in [3.8, 4) is 0 Å². The van der Waals surface area contributed by atoms with E-state index >= 15 is 0 Å². The van der Waals surface area contributed by atoms with Crippen molar-refractivity contribution in [2.75, 3.05) is 5.73 Å². The molecule has 0 aliphatic rings. The Morgan fingerprint density at radius 3 is 2.71 bits per heavy atom. The number of hydrogen-bond acceptors (Lipinski definition) is 5. The number of non-ortho nitro benzene ring substituents is 1. The summed E-state index contributed by atoms with van der Waals surface area (Å²) < 4.78 is 4.86. The van der Waals surface area contributed by atoms with Gasteiger partial charge in [-0.1, -0.05) is 18.4 Å². The molecule has 0 saturated carbocycles. The first-order chi connectivity index (χ1) is 8.02. The van der Waals surface area contributed by atoms with Crippen LogP contribution in [0.5, 0.6) is 0 Å². The van der Waals surface area contributed by atoms with Gasteiger partial charge in [-0.3, -0.25) is 10.1 Å². The van der Waals surface area contributed by atoms with Crippen molar-refractivity contribution < 1.29 is 9.34 Å². The molecule has 0 bridgehead atoms. The van der Waals surface area contributed by atoms with Gasteiger partial charge in [-0.05, 0) is 6.07 Å². The van der Waals surface area contributed by atoms with Gasteiger partial charge in [0.05, 0.1) is 4.92 Å². The molecule has 0 aliphatic heterocycles. The van der Waals surface area contributed by atoms with E-state index in [4.69, 9.17) is 10.2 Å². The highest BCUT2D eigenvalue weighted by molar-refractivity contribution is 6.52. The van der Waals surface area contributed by atoms with Gasteiger partial charge in [0.1, 0.15) is 5.69 Å². The molecule has 0 radical (unpaired) electrons. The largest absolute Gasteiger partial charge is 0.414 e. The van der Waals surface area contributed by atoms with E-state index in [1.807, 2.05) is 6.82 Å². The third-order valence-corrected chi connectivity index (χ3v) is 2.50. The van der Waals surface area contributed by atoms with Gasteiger partial charge in [0.25, 0.3) is 0 Å². The maximum absolute atomic E-state index is 11.2. The molecule has 6 nitrogen and oxygen atoms in total. The second kappa shape index (κ2) is 3.93. The molecule has 0 fully saturated rings. The number of nitro groups is 1. The standard InChI is InChI=1S/C10H9BN2O4/c1-11-6-2-5-3-7(12)10(14)17-9(5)8(4-6)13(15)16/h2-4,11H,12H2,1H3. The molecular formula is C10H9BN2O4. The molecule has 2 rings (SSSR count). The van der Waals surface area contributed by atoms with E-state index in [9.17, 15) is 14.9 Å². The first kappa shape index (κ1) is 11.2. The molecule has 0 spiro atoms. The van der Waals surface area contributed by atoms with Crippen molar-refractivity contribution in [2.24, 2.45) is 0 Å². The van der Waals surface area contributed by atoms with Crippen molar-refractivity contribution >= 4 is 35.1 Å². The van der Waals surface area contributed by atoms with Crippen LogP contribution in [0.25, 0.3) is 11.0 Å². The van der Waals surface area contributed by atoms with E-state index in [2.05, 4.69) is 0 Å². The van der Waals surface area contributed by atoms with Crippen LogP contribution in [0.2, 0.25) is 6.82 Å². The molecule has 0 amide bonds. The number of hydrogen-bond donors (Lipinski definition) is 1. The van der Waals surface area contributed by atoms with Gasteiger partial charge in [0.15, 0.2) is 7.28 Å². The highest BCUT2D eigenvalue weighted by Gasteiger charge is 2.17. The van der Waals surface area contributed by atoms with Crippen molar-refractivity contribution in [3.05, 3.63) is 38.7 Å². The lowest BCUT2D eigenvalue weighted by Crippen LogP contribution is -2.13. The number of nitrogens with zero attached hydrogens (tertiary/aromatic N) is 1. The third-order valence-electron chi connectivity index (χ3n) is 2.50. The van der Waals surface area contributed by atoms with E-state index in [-0.39, 0.29) is 17.0 Å². The number of nitrogens with two attached hydrogens (primary N) is 1. The molecule has 1 aromatic carbocycles. The van der Waals surface area contributed by atoms with Crippen molar-refractivity contribution in [1.29, 1.82) is 0 Å². The zero-order chi connectivity index (χ0) is 12.6. The summed E-state index contributed by atoms with van der Waals surface area (Å²) in [7, 11) is 0.649. The summed E-state index contributed by atoms with van der Waals surface area (Å²) in [6.45, 7) is 1.88. The van der Waals surface area contributed by atoms with Crippen LogP contribution < -0.4 is 16.8 Å². The van der Waals surface area contributed by atoms with Crippen LogP contribution in [-0.4, -0.2) is 12.2 Å². The summed E-state index contributed by atoms with van der Waals surface area (Å²) in [5, 5.41) is 11.4. The number of rotatable bonds is 2. The van der Waals surface area contributed by atoms with Gasteiger partial charge >= 0.3 is 11.3 Å². The van der Waals surface area contributed by atoms with Crippen LogP contribution >= 0.6 is 0 Å². The highest BCUT2D eigenvalue weighted by Crippen LogP contribution is 2.23. The maximum atomic E-state index is 11.2. The highest BCUT2D eigenvalue weighted by atomic mass is 16.6. The summed E-state index contributed by atoms with van der Waals surface area (Å²) >= 11 is 0. The normalized spacial score (nSPS) is 10.4. The van der Waals surface area contributed by atoms with Crippen LogP contribution in [0.15, 0.2) is 27.4 Å². The van der Waals surface area contributed by atoms with Gasteiger partial charge in [-0.25, -0.2) is 4.79 Å². The Kier molecular flexibility index (Phi) is 2.59. The number of nitrogen functional groups attached to an aromatic ring is 1. The van der Waals surface area contributed by atoms with Crippen LogP contribution in [0.4, 0.5) is 11.4 Å². The van der Waals surface area contributed by atoms with E-state index in [1.54, 1.807) is 6.07 Å².